The fourth-order valence-corrected chi connectivity index (χ4v) is 2.58. The Balaban J connectivity index is 1.84. The number of nitriles is 1. The quantitative estimate of drug-likeness (QED) is 0.843. The summed E-state index contributed by atoms with van der Waals surface area (Å²) in [5, 5.41) is 16.8. The van der Waals surface area contributed by atoms with Gasteiger partial charge in [0.15, 0.2) is 11.5 Å². The molecule has 106 valence electrons. The SMILES string of the molecule is CC1(c2ccccc2)CN(c2ccc(C#N)nn2)CCO1. The lowest BCUT2D eigenvalue weighted by Crippen LogP contribution is -2.48. The maximum atomic E-state index is 8.78. The molecule has 1 aliphatic heterocycles. The molecule has 1 unspecified atom stereocenters. The number of hydrogen-bond donors (Lipinski definition) is 0. The molecule has 2 aromatic rings. The van der Waals surface area contributed by atoms with Crippen LogP contribution in [0.5, 0.6) is 0 Å². The lowest BCUT2D eigenvalue weighted by atomic mass is 9.94. The van der Waals surface area contributed by atoms with Gasteiger partial charge in [0, 0.05) is 6.54 Å². The van der Waals surface area contributed by atoms with Gasteiger partial charge in [-0.3, -0.25) is 0 Å². The first kappa shape index (κ1) is 13.5. The molecule has 0 radical (unpaired) electrons. The van der Waals surface area contributed by atoms with E-state index >= 15 is 0 Å². The zero-order chi connectivity index (χ0) is 14.7. The number of anilines is 1. The molecule has 1 atom stereocenters. The van der Waals surface area contributed by atoms with Crippen molar-refractivity contribution >= 4 is 5.82 Å². The van der Waals surface area contributed by atoms with Gasteiger partial charge in [-0.1, -0.05) is 30.3 Å². The Morgan fingerprint density at radius 1 is 1.19 bits per heavy atom. The van der Waals surface area contributed by atoms with Crippen LogP contribution in [0, 0.1) is 11.3 Å². The molecule has 5 nitrogen and oxygen atoms in total. The van der Waals surface area contributed by atoms with Crippen molar-refractivity contribution in [1.29, 1.82) is 5.26 Å². The molecule has 5 heteroatoms. The molecule has 1 saturated heterocycles. The van der Waals surface area contributed by atoms with E-state index in [9.17, 15) is 0 Å². The highest BCUT2D eigenvalue weighted by molar-refractivity contribution is 5.41. The van der Waals surface area contributed by atoms with Crippen LogP contribution in [-0.4, -0.2) is 29.9 Å². The summed E-state index contributed by atoms with van der Waals surface area (Å²) in [5.74, 6) is 0.777. The lowest BCUT2D eigenvalue weighted by Gasteiger charge is -2.41. The van der Waals surface area contributed by atoms with E-state index in [-0.39, 0.29) is 5.60 Å². The van der Waals surface area contributed by atoms with Crippen LogP contribution in [0.1, 0.15) is 18.2 Å². The Morgan fingerprint density at radius 3 is 2.67 bits per heavy atom. The van der Waals surface area contributed by atoms with Gasteiger partial charge in [-0.15, -0.1) is 10.2 Å². The molecule has 1 aromatic heterocycles. The van der Waals surface area contributed by atoms with Crippen LogP contribution < -0.4 is 4.90 Å². The first-order valence-corrected chi connectivity index (χ1v) is 6.89. The number of rotatable bonds is 2. The predicted octanol–water partition coefficient (Wildman–Crippen LogP) is 2.10. The van der Waals surface area contributed by atoms with E-state index in [1.807, 2.05) is 30.3 Å². The molecule has 3 rings (SSSR count). The third-order valence-corrected chi connectivity index (χ3v) is 3.75. The van der Waals surface area contributed by atoms with Crippen LogP contribution in [0.3, 0.4) is 0 Å². The normalized spacial score (nSPS) is 21.8. The molecule has 0 bridgehead atoms. The third-order valence-electron chi connectivity index (χ3n) is 3.75. The summed E-state index contributed by atoms with van der Waals surface area (Å²) in [6.07, 6.45) is 0. The average molecular weight is 280 g/mol. The number of hydrogen-bond acceptors (Lipinski definition) is 5. The summed E-state index contributed by atoms with van der Waals surface area (Å²) < 4.78 is 6.01. The van der Waals surface area contributed by atoms with E-state index in [1.165, 1.54) is 0 Å². The Morgan fingerprint density at radius 2 is 2.00 bits per heavy atom. The molecule has 0 amide bonds. The zero-order valence-electron chi connectivity index (χ0n) is 11.9. The summed E-state index contributed by atoms with van der Waals surface area (Å²) in [4.78, 5) is 2.14. The van der Waals surface area contributed by atoms with E-state index in [2.05, 4.69) is 34.2 Å². The standard InChI is InChI=1S/C16H16N4O/c1-16(13-5-3-2-4-6-13)12-20(9-10-21-16)15-8-7-14(11-17)18-19-15/h2-8H,9-10,12H2,1H3. The smallest absolute Gasteiger partial charge is 0.163 e. The molecule has 1 fully saturated rings. The topological polar surface area (TPSA) is 62.0 Å². The molecule has 0 saturated carbocycles. The van der Waals surface area contributed by atoms with Crippen LogP contribution in [0.25, 0.3) is 0 Å². The largest absolute Gasteiger partial charge is 0.367 e. The monoisotopic (exact) mass is 280 g/mol. The van der Waals surface area contributed by atoms with Crippen LogP contribution in [-0.2, 0) is 10.3 Å². The van der Waals surface area contributed by atoms with Crippen molar-refractivity contribution in [2.75, 3.05) is 24.6 Å². The van der Waals surface area contributed by atoms with Gasteiger partial charge in [0.25, 0.3) is 0 Å². The van der Waals surface area contributed by atoms with Crippen molar-refractivity contribution in [1.82, 2.24) is 10.2 Å². The van der Waals surface area contributed by atoms with Gasteiger partial charge >= 0.3 is 0 Å². The van der Waals surface area contributed by atoms with E-state index in [1.54, 1.807) is 6.07 Å². The van der Waals surface area contributed by atoms with Crippen molar-refractivity contribution < 1.29 is 4.74 Å². The third kappa shape index (κ3) is 2.71. The van der Waals surface area contributed by atoms with Crippen molar-refractivity contribution in [2.24, 2.45) is 0 Å². The van der Waals surface area contributed by atoms with Crippen LogP contribution >= 0.6 is 0 Å². The highest BCUT2D eigenvalue weighted by Gasteiger charge is 2.34. The number of aromatic nitrogens is 2. The highest BCUT2D eigenvalue weighted by Crippen LogP contribution is 2.30. The number of ether oxygens (including phenoxy) is 1. The molecule has 0 spiro atoms. The minimum atomic E-state index is -0.366. The summed E-state index contributed by atoms with van der Waals surface area (Å²) in [6.45, 7) is 4.19. The van der Waals surface area contributed by atoms with Crippen molar-refractivity contribution in [3.05, 3.63) is 53.7 Å². The van der Waals surface area contributed by atoms with E-state index in [0.717, 1.165) is 17.9 Å². The Kier molecular flexibility index (Phi) is 3.55. The number of nitrogens with zero attached hydrogens (tertiary/aromatic N) is 4. The molecule has 21 heavy (non-hydrogen) atoms. The van der Waals surface area contributed by atoms with Crippen molar-refractivity contribution in [2.45, 2.75) is 12.5 Å². The second kappa shape index (κ2) is 5.51. The summed E-state index contributed by atoms with van der Waals surface area (Å²) in [5.41, 5.74) is 1.11. The molecule has 0 N–H and O–H groups in total. The van der Waals surface area contributed by atoms with Gasteiger partial charge in [-0.05, 0) is 24.6 Å². The summed E-state index contributed by atoms with van der Waals surface area (Å²) in [7, 11) is 0. The van der Waals surface area contributed by atoms with Crippen molar-refractivity contribution in [3.8, 4) is 6.07 Å². The fraction of sp³-hybridized carbons (Fsp3) is 0.312. The average Bonchev–Trinajstić information content (AvgIpc) is 2.56. The highest BCUT2D eigenvalue weighted by atomic mass is 16.5. The molecular formula is C16H16N4O. The molecular weight excluding hydrogens is 264 g/mol. The minimum Gasteiger partial charge on any atom is -0.367 e. The van der Waals surface area contributed by atoms with Crippen molar-refractivity contribution in [3.63, 3.8) is 0 Å². The maximum absolute atomic E-state index is 8.78. The minimum absolute atomic E-state index is 0.331. The first-order valence-electron chi connectivity index (χ1n) is 6.89. The van der Waals surface area contributed by atoms with Gasteiger partial charge in [0.2, 0.25) is 0 Å². The van der Waals surface area contributed by atoms with E-state index < -0.39 is 0 Å². The van der Waals surface area contributed by atoms with E-state index in [0.29, 0.717) is 18.8 Å². The summed E-state index contributed by atoms with van der Waals surface area (Å²) in [6, 6.07) is 15.7. The Bertz CT molecular complexity index is 650. The van der Waals surface area contributed by atoms with Gasteiger partial charge in [-0.25, -0.2) is 0 Å². The maximum Gasteiger partial charge on any atom is 0.163 e. The van der Waals surface area contributed by atoms with Crippen LogP contribution in [0.15, 0.2) is 42.5 Å². The van der Waals surface area contributed by atoms with Crippen LogP contribution in [0.4, 0.5) is 5.82 Å². The van der Waals surface area contributed by atoms with Gasteiger partial charge < -0.3 is 9.64 Å². The Hall–Kier alpha value is -2.45. The molecule has 2 heterocycles. The number of benzene rings is 1. The number of morpholine rings is 1. The zero-order valence-corrected chi connectivity index (χ0v) is 11.9. The van der Waals surface area contributed by atoms with E-state index in [4.69, 9.17) is 10.00 Å². The lowest BCUT2D eigenvalue weighted by molar-refractivity contribution is -0.0468. The van der Waals surface area contributed by atoms with Gasteiger partial charge in [0.1, 0.15) is 11.7 Å². The molecule has 1 aromatic carbocycles. The predicted molar refractivity (Wildman–Crippen MR) is 78.7 cm³/mol. The second-order valence-electron chi connectivity index (χ2n) is 5.26. The summed E-state index contributed by atoms with van der Waals surface area (Å²) >= 11 is 0. The second-order valence-corrected chi connectivity index (χ2v) is 5.26. The first-order chi connectivity index (χ1) is 10.2. The molecule has 1 aliphatic rings. The van der Waals surface area contributed by atoms with Gasteiger partial charge in [-0.2, -0.15) is 5.26 Å². The fourth-order valence-electron chi connectivity index (χ4n) is 2.58. The Labute approximate surface area is 123 Å². The van der Waals surface area contributed by atoms with Gasteiger partial charge in [0.05, 0.1) is 13.2 Å². The van der Waals surface area contributed by atoms with Crippen LogP contribution in [0.2, 0.25) is 0 Å². The molecule has 0 aliphatic carbocycles.